The molecule has 3 aromatic carbocycles. The fraction of sp³-hybridized carbons (Fsp3) is 0.250. The minimum atomic E-state index is 0.512. The van der Waals surface area contributed by atoms with Crippen molar-refractivity contribution >= 4 is 11.6 Å². The molecule has 0 bridgehead atoms. The second-order valence-electron chi connectivity index (χ2n) is 6.78. The lowest BCUT2D eigenvalue weighted by molar-refractivity contribution is 0.280. The molecule has 0 fully saturated rings. The molecule has 3 aromatic rings. The molecule has 0 radical (unpaired) electrons. The molecule has 146 valence electrons. The fourth-order valence-electron chi connectivity index (χ4n) is 2.97. The van der Waals surface area contributed by atoms with Crippen LogP contribution in [0, 0.1) is 6.92 Å². The van der Waals surface area contributed by atoms with Crippen molar-refractivity contribution < 1.29 is 9.47 Å². The maximum Gasteiger partial charge on any atom is 0.166 e. The standard InChI is InChI=1S/C24H26ClNO2/c1-18-6-8-20(9-7-18)17-28-24-21(4-3-5-23(24)27-2)16-26-15-14-19-10-12-22(25)13-11-19/h3-13,26H,14-17H2,1-2H3. The van der Waals surface area contributed by atoms with Crippen molar-refractivity contribution in [3.8, 4) is 11.5 Å². The SMILES string of the molecule is COc1cccc(CNCCc2ccc(Cl)cc2)c1OCc1ccc(C)cc1. The van der Waals surface area contributed by atoms with Crippen molar-refractivity contribution in [2.75, 3.05) is 13.7 Å². The lowest BCUT2D eigenvalue weighted by Gasteiger charge is -2.16. The molecular weight excluding hydrogens is 370 g/mol. The van der Waals surface area contributed by atoms with Crippen LogP contribution in [0.4, 0.5) is 0 Å². The van der Waals surface area contributed by atoms with E-state index in [1.54, 1.807) is 7.11 Å². The van der Waals surface area contributed by atoms with Crippen LogP contribution >= 0.6 is 11.6 Å². The number of halogens is 1. The maximum absolute atomic E-state index is 6.13. The number of rotatable bonds is 9. The van der Waals surface area contributed by atoms with Gasteiger partial charge < -0.3 is 14.8 Å². The first-order valence-corrected chi connectivity index (χ1v) is 9.83. The molecule has 0 aromatic heterocycles. The average molecular weight is 396 g/mol. The van der Waals surface area contributed by atoms with Gasteiger partial charge in [0.2, 0.25) is 0 Å². The predicted molar refractivity (Wildman–Crippen MR) is 115 cm³/mol. The van der Waals surface area contributed by atoms with Crippen LogP contribution < -0.4 is 14.8 Å². The van der Waals surface area contributed by atoms with Crippen LogP contribution in [0.15, 0.2) is 66.7 Å². The number of para-hydroxylation sites is 1. The molecule has 0 spiro atoms. The first-order valence-electron chi connectivity index (χ1n) is 9.45. The first-order chi connectivity index (χ1) is 13.7. The van der Waals surface area contributed by atoms with E-state index in [0.29, 0.717) is 13.2 Å². The topological polar surface area (TPSA) is 30.5 Å². The molecule has 0 amide bonds. The molecule has 0 atom stereocenters. The number of nitrogens with one attached hydrogen (secondary N) is 1. The van der Waals surface area contributed by atoms with Crippen LogP contribution in [0.3, 0.4) is 0 Å². The Bertz CT molecular complexity index is 876. The normalized spacial score (nSPS) is 10.7. The van der Waals surface area contributed by atoms with E-state index in [-0.39, 0.29) is 0 Å². The van der Waals surface area contributed by atoms with Gasteiger partial charge in [0.25, 0.3) is 0 Å². The van der Waals surface area contributed by atoms with Crippen LogP contribution in [-0.4, -0.2) is 13.7 Å². The monoisotopic (exact) mass is 395 g/mol. The van der Waals surface area contributed by atoms with Crippen molar-refractivity contribution in [1.82, 2.24) is 5.32 Å². The Morgan fingerprint density at radius 1 is 0.893 bits per heavy atom. The van der Waals surface area contributed by atoms with Gasteiger partial charge in [-0.05, 0) is 49.2 Å². The van der Waals surface area contributed by atoms with E-state index in [9.17, 15) is 0 Å². The summed E-state index contributed by atoms with van der Waals surface area (Å²) in [4.78, 5) is 0. The third-order valence-electron chi connectivity index (χ3n) is 4.60. The number of benzene rings is 3. The summed E-state index contributed by atoms with van der Waals surface area (Å²) in [6, 6.07) is 22.4. The van der Waals surface area contributed by atoms with E-state index in [2.05, 4.69) is 54.7 Å². The molecule has 3 nitrogen and oxygen atoms in total. The summed E-state index contributed by atoms with van der Waals surface area (Å²) in [5.41, 5.74) is 4.73. The van der Waals surface area contributed by atoms with Gasteiger partial charge in [-0.15, -0.1) is 0 Å². The number of aryl methyl sites for hydroxylation is 1. The fourth-order valence-corrected chi connectivity index (χ4v) is 3.10. The van der Waals surface area contributed by atoms with Gasteiger partial charge in [-0.2, -0.15) is 0 Å². The number of hydrogen-bond donors (Lipinski definition) is 1. The first kappa shape index (κ1) is 20.2. The molecule has 0 saturated carbocycles. The smallest absolute Gasteiger partial charge is 0.166 e. The van der Waals surface area contributed by atoms with Crippen LogP contribution in [-0.2, 0) is 19.6 Å². The largest absolute Gasteiger partial charge is 0.493 e. The summed E-state index contributed by atoms with van der Waals surface area (Å²) in [5.74, 6) is 1.55. The summed E-state index contributed by atoms with van der Waals surface area (Å²) in [7, 11) is 1.67. The zero-order chi connectivity index (χ0) is 19.8. The third kappa shape index (κ3) is 5.75. The zero-order valence-corrected chi connectivity index (χ0v) is 17.1. The van der Waals surface area contributed by atoms with Crippen molar-refractivity contribution in [3.05, 3.63) is 94.0 Å². The molecule has 0 aliphatic heterocycles. The molecule has 4 heteroatoms. The number of ether oxygens (including phenoxy) is 2. The lowest BCUT2D eigenvalue weighted by atomic mass is 10.1. The van der Waals surface area contributed by atoms with Crippen LogP contribution in [0.5, 0.6) is 11.5 Å². The number of hydrogen-bond acceptors (Lipinski definition) is 3. The second kappa shape index (κ2) is 10.2. The lowest BCUT2D eigenvalue weighted by Crippen LogP contribution is -2.17. The van der Waals surface area contributed by atoms with E-state index >= 15 is 0 Å². The molecule has 0 aliphatic rings. The van der Waals surface area contributed by atoms with Crippen molar-refractivity contribution in [2.24, 2.45) is 0 Å². The van der Waals surface area contributed by atoms with E-state index in [0.717, 1.165) is 40.6 Å². The molecule has 1 N–H and O–H groups in total. The highest BCUT2D eigenvalue weighted by Gasteiger charge is 2.11. The van der Waals surface area contributed by atoms with Crippen LogP contribution in [0.25, 0.3) is 0 Å². The molecule has 28 heavy (non-hydrogen) atoms. The van der Waals surface area contributed by atoms with Crippen LogP contribution in [0.2, 0.25) is 5.02 Å². The highest BCUT2D eigenvalue weighted by molar-refractivity contribution is 6.30. The summed E-state index contributed by atoms with van der Waals surface area (Å²) in [5, 5.41) is 4.26. The van der Waals surface area contributed by atoms with E-state index < -0.39 is 0 Å². The van der Waals surface area contributed by atoms with E-state index in [4.69, 9.17) is 21.1 Å². The minimum Gasteiger partial charge on any atom is -0.493 e. The van der Waals surface area contributed by atoms with Gasteiger partial charge in [0, 0.05) is 17.1 Å². The Morgan fingerprint density at radius 3 is 2.32 bits per heavy atom. The van der Waals surface area contributed by atoms with E-state index in [1.165, 1.54) is 11.1 Å². The van der Waals surface area contributed by atoms with Gasteiger partial charge >= 0.3 is 0 Å². The minimum absolute atomic E-state index is 0.512. The summed E-state index contributed by atoms with van der Waals surface area (Å²) >= 11 is 5.94. The average Bonchev–Trinajstić information content (AvgIpc) is 2.72. The van der Waals surface area contributed by atoms with E-state index in [1.807, 2.05) is 24.3 Å². The Kier molecular flexibility index (Phi) is 7.35. The molecule has 0 saturated heterocycles. The van der Waals surface area contributed by atoms with Gasteiger partial charge in [-0.25, -0.2) is 0 Å². The summed E-state index contributed by atoms with van der Waals surface area (Å²) in [6.07, 6.45) is 0.945. The van der Waals surface area contributed by atoms with Gasteiger partial charge in [0.15, 0.2) is 11.5 Å². The maximum atomic E-state index is 6.13. The molecule has 0 aliphatic carbocycles. The predicted octanol–water partition coefficient (Wildman–Crippen LogP) is 5.57. The Balaban J connectivity index is 1.60. The molecule has 3 rings (SSSR count). The molecule has 0 heterocycles. The molecule has 0 unspecified atom stereocenters. The Labute approximate surface area is 172 Å². The Morgan fingerprint density at radius 2 is 1.61 bits per heavy atom. The third-order valence-corrected chi connectivity index (χ3v) is 4.86. The summed E-state index contributed by atoms with van der Waals surface area (Å²) in [6.45, 7) is 4.18. The van der Waals surface area contributed by atoms with Crippen LogP contribution in [0.1, 0.15) is 22.3 Å². The quantitative estimate of drug-likeness (QED) is 0.480. The van der Waals surface area contributed by atoms with Gasteiger partial charge in [-0.3, -0.25) is 0 Å². The van der Waals surface area contributed by atoms with Gasteiger partial charge in [-0.1, -0.05) is 65.7 Å². The Hall–Kier alpha value is -2.49. The van der Waals surface area contributed by atoms with Gasteiger partial charge in [0.05, 0.1) is 7.11 Å². The number of methoxy groups -OCH3 is 1. The summed E-state index contributed by atoms with van der Waals surface area (Å²) < 4.78 is 11.6. The second-order valence-corrected chi connectivity index (χ2v) is 7.21. The van der Waals surface area contributed by atoms with Crippen molar-refractivity contribution in [3.63, 3.8) is 0 Å². The zero-order valence-electron chi connectivity index (χ0n) is 16.4. The van der Waals surface area contributed by atoms with Gasteiger partial charge in [0.1, 0.15) is 6.61 Å². The van der Waals surface area contributed by atoms with Crippen molar-refractivity contribution in [2.45, 2.75) is 26.5 Å². The van der Waals surface area contributed by atoms with Crippen molar-refractivity contribution in [1.29, 1.82) is 0 Å². The highest BCUT2D eigenvalue weighted by Crippen LogP contribution is 2.31. The highest BCUT2D eigenvalue weighted by atomic mass is 35.5. The molecular formula is C24H26ClNO2.